The number of amides is 1. The first-order valence-corrected chi connectivity index (χ1v) is 15.8. The molecule has 0 spiro atoms. The van der Waals surface area contributed by atoms with Crippen molar-refractivity contribution in [2.75, 3.05) is 32.7 Å². The van der Waals surface area contributed by atoms with Gasteiger partial charge >= 0.3 is 0 Å². The van der Waals surface area contributed by atoms with Crippen LogP contribution in [0, 0.1) is 0 Å². The van der Waals surface area contributed by atoms with Gasteiger partial charge < -0.3 is 15.0 Å². The zero-order chi connectivity index (χ0) is 27.7. The van der Waals surface area contributed by atoms with Crippen LogP contribution < -0.4 is 10.1 Å². The van der Waals surface area contributed by atoms with E-state index in [0.717, 1.165) is 38.9 Å². The van der Waals surface area contributed by atoms with E-state index < -0.39 is 0 Å². The predicted octanol–water partition coefficient (Wildman–Crippen LogP) is 7.55. The molecule has 2 aliphatic heterocycles. The number of piperidine rings is 2. The van der Waals surface area contributed by atoms with Crippen LogP contribution in [-0.4, -0.2) is 60.0 Å². The fraction of sp³-hybridized carbons (Fsp3) is 0.424. The second-order valence-corrected chi connectivity index (χ2v) is 12.4. The van der Waals surface area contributed by atoms with Crippen LogP contribution in [0.15, 0.2) is 77.7 Å². The van der Waals surface area contributed by atoms with Crippen molar-refractivity contribution < 1.29 is 9.53 Å². The summed E-state index contributed by atoms with van der Waals surface area (Å²) in [7, 11) is 0. The fourth-order valence-corrected chi connectivity index (χ4v) is 6.70. The van der Waals surface area contributed by atoms with Gasteiger partial charge in [-0.05, 0) is 99.0 Å². The van der Waals surface area contributed by atoms with Crippen LogP contribution in [0.2, 0.25) is 5.02 Å². The molecule has 5 rings (SSSR count). The molecule has 0 saturated carbocycles. The number of carbonyl (C=O) groups excluding carboxylic acids is 1. The zero-order valence-corrected chi connectivity index (χ0v) is 24.9. The molecule has 3 aromatic carbocycles. The van der Waals surface area contributed by atoms with Gasteiger partial charge in [0.25, 0.3) is 5.91 Å². The normalized spacial score (nSPS) is 18.9. The first-order chi connectivity index (χ1) is 19.5. The summed E-state index contributed by atoms with van der Waals surface area (Å²) in [5, 5.41) is 3.54. The minimum absolute atomic E-state index is 0.0812. The first kappa shape index (κ1) is 29.0. The highest BCUT2D eigenvalue weighted by atomic mass is 35.5. The Morgan fingerprint density at radius 1 is 0.950 bits per heavy atom. The highest BCUT2D eigenvalue weighted by Crippen LogP contribution is 2.32. The Balaban J connectivity index is 1.03. The molecule has 7 heteroatoms. The van der Waals surface area contributed by atoms with Crippen LogP contribution in [0.25, 0.3) is 11.1 Å². The summed E-state index contributed by atoms with van der Waals surface area (Å²) in [5.41, 5.74) is 3.05. The lowest BCUT2D eigenvalue weighted by Gasteiger charge is -2.33. The van der Waals surface area contributed by atoms with Gasteiger partial charge in [-0.3, -0.25) is 4.79 Å². The van der Waals surface area contributed by atoms with Gasteiger partial charge in [0.2, 0.25) is 0 Å². The van der Waals surface area contributed by atoms with Gasteiger partial charge in [0.1, 0.15) is 11.9 Å². The summed E-state index contributed by atoms with van der Waals surface area (Å²) >= 11 is 8.34. The third-order valence-electron chi connectivity index (χ3n) is 7.93. The van der Waals surface area contributed by atoms with Gasteiger partial charge in [0.05, 0.1) is 5.02 Å². The summed E-state index contributed by atoms with van der Waals surface area (Å²) < 4.78 is 8.66. The summed E-state index contributed by atoms with van der Waals surface area (Å²) in [6.45, 7) is 7.08. The Hall–Kier alpha value is -2.51. The van der Waals surface area contributed by atoms with Gasteiger partial charge in [-0.2, -0.15) is 0 Å². The van der Waals surface area contributed by atoms with E-state index in [4.69, 9.17) is 16.3 Å². The van der Waals surface area contributed by atoms with Crippen LogP contribution in [0.4, 0.5) is 0 Å². The zero-order valence-electron chi connectivity index (χ0n) is 23.4. The van der Waals surface area contributed by atoms with Crippen LogP contribution in [-0.2, 0) is 0 Å². The Bertz CT molecular complexity index is 1230. The van der Waals surface area contributed by atoms with E-state index >= 15 is 0 Å². The minimum Gasteiger partial charge on any atom is -0.489 e. The number of nitrogens with one attached hydrogen (secondary N) is 1. The van der Waals surface area contributed by atoms with Crippen LogP contribution >= 0.6 is 23.5 Å². The highest BCUT2D eigenvalue weighted by molar-refractivity contribution is 7.97. The number of carbonyl (C=O) groups is 1. The van der Waals surface area contributed by atoms with E-state index in [1.165, 1.54) is 41.8 Å². The molecular weight excluding hydrogens is 538 g/mol. The van der Waals surface area contributed by atoms with Crippen molar-refractivity contribution in [3.63, 3.8) is 0 Å². The summed E-state index contributed by atoms with van der Waals surface area (Å²) in [6.07, 6.45) is 6.84. The third kappa shape index (κ3) is 8.03. The number of hydrogen-bond acceptors (Lipinski definition) is 5. The standard InChI is InChI=1S/C33H40ClN3O2S/c1-25-8-5-6-20-36(25)21-7-19-35-33(38)28-13-16-32(31(34)24-28)39-29-17-22-37(23-18-29)40-30-14-11-27(12-15-30)26-9-3-2-4-10-26/h2-4,9-16,24-25,29H,5-8,17-23H2,1H3,(H,35,38). The minimum atomic E-state index is -0.0812. The SMILES string of the molecule is CC1CCCCN1CCCNC(=O)c1ccc(OC2CCN(Sc3ccc(-c4ccccc4)cc3)CC2)c(Cl)c1. The van der Waals surface area contributed by atoms with Crippen molar-refractivity contribution in [3.8, 4) is 16.9 Å². The molecule has 0 aliphatic carbocycles. The maximum absolute atomic E-state index is 12.7. The molecule has 5 nitrogen and oxygen atoms in total. The molecule has 2 fully saturated rings. The lowest BCUT2D eigenvalue weighted by Crippen LogP contribution is -2.39. The van der Waals surface area contributed by atoms with Crippen molar-refractivity contribution in [1.82, 2.24) is 14.5 Å². The average Bonchev–Trinajstić information content (AvgIpc) is 2.99. The molecule has 40 heavy (non-hydrogen) atoms. The lowest BCUT2D eigenvalue weighted by molar-refractivity contribution is 0.0948. The summed E-state index contributed by atoms with van der Waals surface area (Å²) in [4.78, 5) is 16.4. The molecule has 1 unspecified atom stereocenters. The van der Waals surface area contributed by atoms with E-state index in [-0.39, 0.29) is 12.0 Å². The lowest BCUT2D eigenvalue weighted by atomic mass is 10.0. The number of nitrogens with zero attached hydrogens (tertiary/aromatic N) is 2. The van der Waals surface area contributed by atoms with Crippen molar-refractivity contribution in [3.05, 3.63) is 83.4 Å². The molecule has 1 N–H and O–H groups in total. The Labute approximate surface area is 248 Å². The Kier molecular flexibility index (Phi) is 10.4. The molecule has 2 saturated heterocycles. The van der Waals surface area contributed by atoms with E-state index in [9.17, 15) is 4.79 Å². The average molecular weight is 578 g/mol. The highest BCUT2D eigenvalue weighted by Gasteiger charge is 2.23. The molecule has 2 heterocycles. The maximum atomic E-state index is 12.7. The smallest absolute Gasteiger partial charge is 0.251 e. The molecular formula is C33H40ClN3O2S. The van der Waals surface area contributed by atoms with Crippen molar-refractivity contribution >= 4 is 29.5 Å². The van der Waals surface area contributed by atoms with E-state index in [2.05, 4.69) is 70.0 Å². The van der Waals surface area contributed by atoms with Gasteiger partial charge in [-0.1, -0.05) is 60.5 Å². The first-order valence-electron chi connectivity index (χ1n) is 14.6. The third-order valence-corrected chi connectivity index (χ3v) is 9.33. The van der Waals surface area contributed by atoms with Gasteiger partial charge in [0, 0.05) is 42.7 Å². The predicted molar refractivity (Wildman–Crippen MR) is 166 cm³/mol. The number of rotatable bonds is 10. The molecule has 1 atom stereocenters. The molecule has 0 radical (unpaired) electrons. The van der Waals surface area contributed by atoms with Gasteiger partial charge in [0.15, 0.2) is 0 Å². The summed E-state index contributed by atoms with van der Waals surface area (Å²) in [6, 6.07) is 25.3. The van der Waals surface area contributed by atoms with Gasteiger partial charge in [-0.15, -0.1) is 0 Å². The largest absolute Gasteiger partial charge is 0.489 e. The molecule has 3 aromatic rings. The molecule has 1 amide bonds. The number of likely N-dealkylation sites (tertiary alicyclic amines) is 1. The Morgan fingerprint density at radius 2 is 1.70 bits per heavy atom. The number of hydrogen-bond donors (Lipinski definition) is 1. The number of benzene rings is 3. The van der Waals surface area contributed by atoms with Crippen LogP contribution in [0.3, 0.4) is 0 Å². The quantitative estimate of drug-likeness (QED) is 0.199. The second kappa shape index (κ2) is 14.4. The van der Waals surface area contributed by atoms with E-state index in [0.29, 0.717) is 28.9 Å². The van der Waals surface area contributed by atoms with Gasteiger partial charge in [-0.25, -0.2) is 4.31 Å². The topological polar surface area (TPSA) is 44.8 Å². The fourth-order valence-electron chi connectivity index (χ4n) is 5.52. The van der Waals surface area contributed by atoms with Crippen LogP contribution in [0.1, 0.15) is 55.8 Å². The van der Waals surface area contributed by atoms with Crippen molar-refractivity contribution in [2.24, 2.45) is 0 Å². The molecule has 212 valence electrons. The van der Waals surface area contributed by atoms with Crippen molar-refractivity contribution in [1.29, 1.82) is 0 Å². The number of halogens is 1. The van der Waals surface area contributed by atoms with Crippen molar-refractivity contribution in [2.45, 2.75) is 62.5 Å². The summed E-state index contributed by atoms with van der Waals surface area (Å²) in [5.74, 6) is 0.571. The molecule has 0 bridgehead atoms. The Morgan fingerprint density at radius 3 is 2.42 bits per heavy atom. The van der Waals surface area contributed by atoms with Crippen LogP contribution in [0.5, 0.6) is 5.75 Å². The maximum Gasteiger partial charge on any atom is 0.251 e. The second-order valence-electron chi connectivity index (χ2n) is 10.9. The monoisotopic (exact) mass is 577 g/mol. The van der Waals surface area contributed by atoms with E-state index in [1.807, 2.05) is 18.2 Å². The number of ether oxygens (including phenoxy) is 1. The van der Waals surface area contributed by atoms with E-state index in [1.54, 1.807) is 18.0 Å². The molecule has 0 aromatic heterocycles. The molecule has 2 aliphatic rings.